The third-order valence-electron chi connectivity index (χ3n) is 4.40. The van der Waals surface area contributed by atoms with Crippen molar-refractivity contribution in [3.05, 3.63) is 66.0 Å². The lowest BCUT2D eigenvalue weighted by atomic mass is 9.87. The summed E-state index contributed by atoms with van der Waals surface area (Å²) in [6.45, 7) is 0. The van der Waals surface area contributed by atoms with E-state index in [9.17, 15) is 5.11 Å². The lowest BCUT2D eigenvalue weighted by Gasteiger charge is -2.21. The average molecular weight is 275 g/mol. The predicted molar refractivity (Wildman–Crippen MR) is 85.2 cm³/mol. The maximum atomic E-state index is 9.78. The fourth-order valence-electron chi connectivity index (χ4n) is 3.28. The molecule has 0 saturated carbocycles. The van der Waals surface area contributed by atoms with Crippen LogP contribution in [0, 0.1) is 0 Å². The molecule has 0 aliphatic heterocycles. The molecule has 2 nitrogen and oxygen atoms in total. The molecule has 1 aliphatic carbocycles. The standard InChI is InChI=1S/C19H17NO/c21-17-7-6-13-10-15(5-4-14(13)11-17)18-3-1-2-16-12-20-9-8-19(16)18/h1-5,8-10,12,17,21H,6-7,11H2. The van der Waals surface area contributed by atoms with Crippen LogP contribution in [0.15, 0.2) is 54.9 Å². The van der Waals surface area contributed by atoms with Crippen molar-refractivity contribution in [2.75, 3.05) is 0 Å². The van der Waals surface area contributed by atoms with Crippen molar-refractivity contribution in [3.63, 3.8) is 0 Å². The van der Waals surface area contributed by atoms with Crippen LogP contribution in [0.5, 0.6) is 0 Å². The van der Waals surface area contributed by atoms with E-state index in [1.807, 2.05) is 12.4 Å². The van der Waals surface area contributed by atoms with E-state index in [4.69, 9.17) is 0 Å². The summed E-state index contributed by atoms with van der Waals surface area (Å²) in [5.74, 6) is 0. The van der Waals surface area contributed by atoms with Gasteiger partial charge in [-0.3, -0.25) is 4.98 Å². The minimum Gasteiger partial charge on any atom is -0.393 e. The lowest BCUT2D eigenvalue weighted by Crippen LogP contribution is -2.18. The molecule has 0 radical (unpaired) electrons. The smallest absolute Gasteiger partial charge is 0.0583 e. The summed E-state index contributed by atoms with van der Waals surface area (Å²) in [6, 6.07) is 15.1. The van der Waals surface area contributed by atoms with Crippen molar-refractivity contribution >= 4 is 10.8 Å². The summed E-state index contributed by atoms with van der Waals surface area (Å²) >= 11 is 0. The molecule has 1 unspecified atom stereocenters. The molecule has 1 aliphatic rings. The van der Waals surface area contributed by atoms with Crippen LogP contribution in [-0.4, -0.2) is 16.2 Å². The maximum Gasteiger partial charge on any atom is 0.0583 e. The highest BCUT2D eigenvalue weighted by molar-refractivity contribution is 5.96. The lowest BCUT2D eigenvalue weighted by molar-refractivity contribution is 0.158. The van der Waals surface area contributed by atoms with E-state index in [2.05, 4.69) is 47.4 Å². The third kappa shape index (κ3) is 2.22. The van der Waals surface area contributed by atoms with E-state index in [-0.39, 0.29) is 6.10 Å². The molecule has 1 N–H and O–H groups in total. The van der Waals surface area contributed by atoms with Gasteiger partial charge in [-0.25, -0.2) is 0 Å². The number of fused-ring (bicyclic) bond motifs is 2. The molecule has 104 valence electrons. The zero-order chi connectivity index (χ0) is 14.2. The van der Waals surface area contributed by atoms with Crippen molar-refractivity contribution in [1.29, 1.82) is 0 Å². The van der Waals surface area contributed by atoms with E-state index in [1.165, 1.54) is 33.0 Å². The first-order chi connectivity index (χ1) is 10.3. The topological polar surface area (TPSA) is 33.1 Å². The van der Waals surface area contributed by atoms with Crippen molar-refractivity contribution in [3.8, 4) is 11.1 Å². The monoisotopic (exact) mass is 275 g/mol. The summed E-state index contributed by atoms with van der Waals surface area (Å²) in [6.07, 6.45) is 6.21. The Morgan fingerprint density at radius 2 is 2.00 bits per heavy atom. The molecule has 0 saturated heterocycles. The predicted octanol–water partition coefficient (Wildman–Crippen LogP) is 3.75. The van der Waals surface area contributed by atoms with Gasteiger partial charge in [-0.2, -0.15) is 0 Å². The molecule has 1 heterocycles. The van der Waals surface area contributed by atoms with Crippen LogP contribution in [0.3, 0.4) is 0 Å². The fraction of sp³-hybridized carbons (Fsp3) is 0.211. The highest BCUT2D eigenvalue weighted by atomic mass is 16.3. The molecule has 2 aromatic carbocycles. The quantitative estimate of drug-likeness (QED) is 0.733. The van der Waals surface area contributed by atoms with Crippen LogP contribution in [-0.2, 0) is 12.8 Å². The van der Waals surface area contributed by atoms with Crippen molar-refractivity contribution in [2.24, 2.45) is 0 Å². The molecule has 1 aromatic heterocycles. The van der Waals surface area contributed by atoms with Gasteiger partial charge in [-0.15, -0.1) is 0 Å². The number of hydrogen-bond donors (Lipinski definition) is 1. The van der Waals surface area contributed by atoms with E-state index in [1.54, 1.807) is 0 Å². The van der Waals surface area contributed by atoms with E-state index in [0.717, 1.165) is 19.3 Å². The number of aromatic nitrogens is 1. The molecule has 0 amide bonds. The Morgan fingerprint density at radius 3 is 2.95 bits per heavy atom. The minimum absolute atomic E-state index is 0.174. The SMILES string of the molecule is OC1CCc2cc(-c3cccc4cnccc34)ccc2C1. The van der Waals surface area contributed by atoms with E-state index < -0.39 is 0 Å². The largest absolute Gasteiger partial charge is 0.393 e. The van der Waals surface area contributed by atoms with Gasteiger partial charge < -0.3 is 5.11 Å². The minimum atomic E-state index is -0.174. The van der Waals surface area contributed by atoms with Gasteiger partial charge in [0, 0.05) is 17.8 Å². The van der Waals surface area contributed by atoms with Gasteiger partial charge >= 0.3 is 0 Å². The number of rotatable bonds is 1. The number of nitrogens with zero attached hydrogens (tertiary/aromatic N) is 1. The van der Waals surface area contributed by atoms with Crippen molar-refractivity contribution < 1.29 is 5.11 Å². The van der Waals surface area contributed by atoms with Crippen LogP contribution in [0.4, 0.5) is 0 Å². The number of hydrogen-bond acceptors (Lipinski definition) is 2. The van der Waals surface area contributed by atoms with Crippen LogP contribution >= 0.6 is 0 Å². The first-order valence-corrected chi connectivity index (χ1v) is 7.44. The Bertz CT molecular complexity index is 804. The summed E-state index contributed by atoms with van der Waals surface area (Å²) in [7, 11) is 0. The number of pyridine rings is 1. The van der Waals surface area contributed by atoms with Crippen LogP contribution in [0.1, 0.15) is 17.5 Å². The second-order valence-electron chi connectivity index (χ2n) is 5.78. The first kappa shape index (κ1) is 12.5. The second-order valence-corrected chi connectivity index (χ2v) is 5.78. The Labute approximate surface area is 124 Å². The van der Waals surface area contributed by atoms with Crippen LogP contribution in [0.25, 0.3) is 21.9 Å². The summed E-state index contributed by atoms with van der Waals surface area (Å²) in [5.41, 5.74) is 5.18. The van der Waals surface area contributed by atoms with Crippen molar-refractivity contribution in [1.82, 2.24) is 4.98 Å². The van der Waals surface area contributed by atoms with E-state index >= 15 is 0 Å². The average Bonchev–Trinajstić information content (AvgIpc) is 2.54. The molecule has 1 atom stereocenters. The first-order valence-electron chi connectivity index (χ1n) is 7.44. The Hall–Kier alpha value is -2.19. The number of benzene rings is 2. The Kier molecular flexibility index (Phi) is 2.97. The summed E-state index contributed by atoms with van der Waals surface area (Å²) in [4.78, 5) is 4.20. The fourth-order valence-corrected chi connectivity index (χ4v) is 3.28. The normalized spacial score (nSPS) is 17.7. The Balaban J connectivity index is 1.86. The van der Waals surface area contributed by atoms with Crippen molar-refractivity contribution in [2.45, 2.75) is 25.4 Å². The second kappa shape index (κ2) is 4.97. The number of aryl methyl sites for hydroxylation is 1. The number of aliphatic hydroxyl groups excluding tert-OH is 1. The van der Waals surface area contributed by atoms with Gasteiger partial charge in [0.05, 0.1) is 6.10 Å². The van der Waals surface area contributed by atoms with E-state index in [0.29, 0.717) is 0 Å². The summed E-state index contributed by atoms with van der Waals surface area (Å²) in [5, 5.41) is 12.2. The highest BCUT2D eigenvalue weighted by Gasteiger charge is 2.17. The molecule has 4 rings (SSSR count). The molecule has 0 fully saturated rings. The molecule has 0 spiro atoms. The van der Waals surface area contributed by atoms with Gasteiger partial charge in [0.15, 0.2) is 0 Å². The number of aliphatic hydroxyl groups is 1. The highest BCUT2D eigenvalue weighted by Crippen LogP contribution is 2.31. The van der Waals surface area contributed by atoms with Crippen LogP contribution < -0.4 is 0 Å². The van der Waals surface area contributed by atoms with Gasteiger partial charge in [0.25, 0.3) is 0 Å². The zero-order valence-corrected chi connectivity index (χ0v) is 11.8. The molecular formula is C19H17NO. The molecule has 3 aromatic rings. The molecule has 21 heavy (non-hydrogen) atoms. The summed E-state index contributed by atoms with van der Waals surface area (Å²) < 4.78 is 0. The molecular weight excluding hydrogens is 258 g/mol. The van der Waals surface area contributed by atoms with Gasteiger partial charge in [-0.05, 0) is 53.0 Å². The zero-order valence-electron chi connectivity index (χ0n) is 11.8. The van der Waals surface area contributed by atoms with Gasteiger partial charge in [0.1, 0.15) is 0 Å². The molecule has 0 bridgehead atoms. The van der Waals surface area contributed by atoms with Gasteiger partial charge in [0.2, 0.25) is 0 Å². The van der Waals surface area contributed by atoms with Gasteiger partial charge in [-0.1, -0.05) is 36.4 Å². The Morgan fingerprint density at radius 1 is 1.05 bits per heavy atom. The molecule has 2 heteroatoms. The van der Waals surface area contributed by atoms with Crippen LogP contribution in [0.2, 0.25) is 0 Å². The maximum absolute atomic E-state index is 9.78. The third-order valence-corrected chi connectivity index (χ3v) is 4.40.